The van der Waals surface area contributed by atoms with Crippen LogP contribution in [0.4, 0.5) is 0 Å². The van der Waals surface area contributed by atoms with Crippen molar-refractivity contribution in [2.24, 2.45) is 0 Å². The minimum Gasteiger partial charge on any atom is -0.379 e. The first-order valence-electron chi connectivity index (χ1n) is 10.8. The van der Waals surface area contributed by atoms with Gasteiger partial charge in [0, 0.05) is 18.8 Å². The lowest BCUT2D eigenvalue weighted by Gasteiger charge is -2.13. The first kappa shape index (κ1) is 26.7. The molecule has 1 aliphatic rings. The zero-order valence-corrected chi connectivity index (χ0v) is 18.2. The number of unbranched alkanes of at least 4 members (excludes halogenated alkanes) is 2. The molecule has 0 spiro atoms. The lowest BCUT2D eigenvalue weighted by Crippen LogP contribution is -2.33. The molecule has 1 rings (SSSR count). The molecule has 30 heavy (non-hydrogen) atoms. The molecular weight excluding hydrogens is 394 g/mol. The molecule has 2 amide bonds. The summed E-state index contributed by atoms with van der Waals surface area (Å²) >= 11 is 0. The van der Waals surface area contributed by atoms with Crippen LogP contribution in [-0.2, 0) is 38.0 Å². The summed E-state index contributed by atoms with van der Waals surface area (Å²) in [6, 6.07) is 0. The molecular formula is C21H37NO8. The van der Waals surface area contributed by atoms with Crippen molar-refractivity contribution in [3.05, 3.63) is 12.2 Å². The Morgan fingerprint density at radius 3 is 1.33 bits per heavy atom. The van der Waals surface area contributed by atoms with Gasteiger partial charge in [0.25, 0.3) is 11.8 Å². The summed E-state index contributed by atoms with van der Waals surface area (Å²) in [7, 11) is 0. The third kappa shape index (κ3) is 14.6. The molecule has 0 bridgehead atoms. The predicted molar refractivity (Wildman–Crippen MR) is 110 cm³/mol. The van der Waals surface area contributed by atoms with Gasteiger partial charge in [-0.2, -0.15) is 0 Å². The third-order valence-corrected chi connectivity index (χ3v) is 4.11. The van der Waals surface area contributed by atoms with Gasteiger partial charge in [-0.15, -0.1) is 0 Å². The fraction of sp³-hybridized carbons (Fsp3) is 0.810. The second-order valence-electron chi connectivity index (χ2n) is 6.54. The number of hydrogen-bond donors (Lipinski definition) is 0. The van der Waals surface area contributed by atoms with E-state index in [1.165, 1.54) is 25.0 Å². The first-order valence-corrected chi connectivity index (χ1v) is 10.8. The van der Waals surface area contributed by atoms with Crippen molar-refractivity contribution >= 4 is 11.8 Å². The molecule has 0 aromatic rings. The highest BCUT2D eigenvalue weighted by molar-refractivity contribution is 6.12. The SMILES string of the molecule is CCCCCOCCOCCOCCOCCOCCOCCN1C(=O)C=CC1=O. The standard InChI is InChI=1S/C21H37NO8/c1-2-3-4-8-25-10-12-27-14-16-29-18-19-30-17-15-28-13-11-26-9-7-22-20(23)5-6-21(22)24/h5-6H,2-4,7-19H2,1H3. The maximum Gasteiger partial charge on any atom is 0.253 e. The van der Waals surface area contributed by atoms with Gasteiger partial charge < -0.3 is 28.4 Å². The van der Waals surface area contributed by atoms with E-state index in [-0.39, 0.29) is 18.4 Å². The Morgan fingerprint density at radius 1 is 0.567 bits per heavy atom. The summed E-state index contributed by atoms with van der Waals surface area (Å²) in [6.07, 6.45) is 6.05. The Hall–Kier alpha value is -1.36. The fourth-order valence-electron chi connectivity index (χ4n) is 2.46. The predicted octanol–water partition coefficient (Wildman–Crippen LogP) is 1.20. The highest BCUT2D eigenvalue weighted by Gasteiger charge is 2.22. The average Bonchev–Trinajstić information content (AvgIpc) is 3.06. The Labute approximate surface area is 179 Å². The molecule has 0 saturated heterocycles. The Bertz CT molecular complexity index is 454. The molecule has 0 aliphatic carbocycles. The second kappa shape index (κ2) is 19.6. The lowest BCUT2D eigenvalue weighted by molar-refractivity contribution is -0.137. The number of carbonyl (C=O) groups excluding carboxylic acids is 2. The summed E-state index contributed by atoms with van der Waals surface area (Å²) in [4.78, 5) is 23.8. The van der Waals surface area contributed by atoms with Gasteiger partial charge in [0.1, 0.15) is 0 Å². The summed E-state index contributed by atoms with van der Waals surface area (Å²) < 4.78 is 32.4. The van der Waals surface area contributed by atoms with E-state index >= 15 is 0 Å². The van der Waals surface area contributed by atoms with Crippen molar-refractivity contribution in [3.63, 3.8) is 0 Å². The van der Waals surface area contributed by atoms with Crippen LogP contribution in [-0.4, -0.2) is 103 Å². The molecule has 9 heteroatoms. The van der Waals surface area contributed by atoms with E-state index < -0.39 is 0 Å². The van der Waals surface area contributed by atoms with Crippen LogP contribution in [0.3, 0.4) is 0 Å². The van der Waals surface area contributed by atoms with Crippen LogP contribution in [0.1, 0.15) is 26.2 Å². The number of amides is 2. The van der Waals surface area contributed by atoms with Gasteiger partial charge in [-0.1, -0.05) is 19.8 Å². The molecule has 0 aromatic carbocycles. The highest BCUT2D eigenvalue weighted by Crippen LogP contribution is 2.02. The van der Waals surface area contributed by atoms with Gasteiger partial charge in [-0.3, -0.25) is 14.5 Å². The number of hydrogen-bond acceptors (Lipinski definition) is 8. The van der Waals surface area contributed by atoms with Gasteiger partial charge in [0.05, 0.1) is 79.2 Å². The van der Waals surface area contributed by atoms with Crippen molar-refractivity contribution in [2.45, 2.75) is 26.2 Å². The van der Waals surface area contributed by atoms with E-state index in [1.54, 1.807) is 0 Å². The Kier molecular flexibility index (Phi) is 17.4. The second-order valence-corrected chi connectivity index (χ2v) is 6.54. The minimum atomic E-state index is -0.295. The van der Waals surface area contributed by atoms with Crippen molar-refractivity contribution in [1.82, 2.24) is 4.90 Å². The van der Waals surface area contributed by atoms with Crippen molar-refractivity contribution in [3.8, 4) is 0 Å². The Balaban J connectivity index is 1.68. The molecule has 0 fully saturated rings. The van der Waals surface area contributed by atoms with E-state index in [0.717, 1.165) is 17.9 Å². The molecule has 1 heterocycles. The molecule has 0 unspecified atom stereocenters. The fourth-order valence-corrected chi connectivity index (χ4v) is 2.46. The van der Waals surface area contributed by atoms with Crippen molar-refractivity contribution in [1.29, 1.82) is 0 Å². The molecule has 0 N–H and O–H groups in total. The van der Waals surface area contributed by atoms with Gasteiger partial charge in [0.2, 0.25) is 0 Å². The maximum absolute atomic E-state index is 11.3. The van der Waals surface area contributed by atoms with Crippen molar-refractivity contribution < 1.29 is 38.0 Å². The summed E-state index contributed by atoms with van der Waals surface area (Å²) in [5, 5.41) is 0. The summed E-state index contributed by atoms with van der Waals surface area (Å²) in [5.74, 6) is -0.590. The monoisotopic (exact) mass is 431 g/mol. The molecule has 0 radical (unpaired) electrons. The van der Waals surface area contributed by atoms with Gasteiger partial charge in [-0.25, -0.2) is 0 Å². The summed E-state index contributed by atoms with van der Waals surface area (Å²) in [6.45, 7) is 8.66. The maximum atomic E-state index is 11.3. The Morgan fingerprint density at radius 2 is 0.933 bits per heavy atom. The van der Waals surface area contributed by atoms with Crippen LogP contribution in [0.2, 0.25) is 0 Å². The molecule has 0 aromatic heterocycles. The van der Waals surface area contributed by atoms with Crippen molar-refractivity contribution in [2.75, 3.05) is 85.8 Å². The minimum absolute atomic E-state index is 0.256. The van der Waals surface area contributed by atoms with Crippen LogP contribution in [0, 0.1) is 0 Å². The normalized spacial score (nSPS) is 13.7. The van der Waals surface area contributed by atoms with Crippen LogP contribution < -0.4 is 0 Å². The van der Waals surface area contributed by atoms with Crippen LogP contribution in [0.25, 0.3) is 0 Å². The highest BCUT2D eigenvalue weighted by atomic mass is 16.6. The molecule has 174 valence electrons. The number of carbonyl (C=O) groups is 2. The topological polar surface area (TPSA) is 92.8 Å². The van der Waals surface area contributed by atoms with E-state index in [0.29, 0.717) is 72.7 Å². The molecule has 1 aliphatic heterocycles. The number of ether oxygens (including phenoxy) is 6. The van der Waals surface area contributed by atoms with E-state index in [2.05, 4.69) is 6.92 Å². The smallest absolute Gasteiger partial charge is 0.253 e. The van der Waals surface area contributed by atoms with E-state index in [4.69, 9.17) is 28.4 Å². The number of nitrogens with zero attached hydrogens (tertiary/aromatic N) is 1. The van der Waals surface area contributed by atoms with Crippen LogP contribution in [0.15, 0.2) is 12.2 Å². The zero-order valence-electron chi connectivity index (χ0n) is 18.2. The number of imide groups is 1. The van der Waals surface area contributed by atoms with E-state index in [1.807, 2.05) is 0 Å². The van der Waals surface area contributed by atoms with Gasteiger partial charge in [0.15, 0.2) is 0 Å². The molecule has 9 nitrogen and oxygen atoms in total. The van der Waals surface area contributed by atoms with Crippen LogP contribution >= 0.6 is 0 Å². The quantitative estimate of drug-likeness (QED) is 0.187. The summed E-state index contributed by atoms with van der Waals surface area (Å²) in [5.41, 5.74) is 0. The van der Waals surface area contributed by atoms with Gasteiger partial charge in [-0.05, 0) is 6.42 Å². The molecule has 0 atom stereocenters. The number of rotatable bonds is 22. The largest absolute Gasteiger partial charge is 0.379 e. The van der Waals surface area contributed by atoms with Gasteiger partial charge >= 0.3 is 0 Å². The molecule has 0 saturated carbocycles. The zero-order chi connectivity index (χ0) is 21.7. The van der Waals surface area contributed by atoms with E-state index in [9.17, 15) is 9.59 Å². The third-order valence-electron chi connectivity index (χ3n) is 4.11. The van der Waals surface area contributed by atoms with Crippen LogP contribution in [0.5, 0.6) is 0 Å². The first-order chi connectivity index (χ1) is 14.8. The average molecular weight is 432 g/mol. The lowest BCUT2D eigenvalue weighted by atomic mass is 10.3.